The Morgan fingerprint density at radius 2 is 2.25 bits per heavy atom. The summed E-state index contributed by atoms with van der Waals surface area (Å²) in [6.07, 6.45) is 1.67. The monoisotopic (exact) mass is 299 g/mol. The molecule has 1 heterocycles. The van der Waals surface area contributed by atoms with E-state index in [0.717, 1.165) is 3.57 Å². The molecule has 1 rings (SSSR count). The van der Waals surface area contributed by atoms with Gasteiger partial charge in [0.05, 0.1) is 10.7 Å². The molecule has 0 radical (unpaired) electrons. The third-order valence-electron chi connectivity index (χ3n) is 1.44. The second-order valence-corrected chi connectivity index (χ2v) is 3.78. The Morgan fingerprint density at radius 3 is 2.75 bits per heavy atom. The van der Waals surface area contributed by atoms with Gasteiger partial charge in [0.25, 0.3) is 5.56 Å². The Balaban J connectivity index is 3.52. The maximum atomic E-state index is 11.2. The molecule has 0 aliphatic heterocycles. The molecule has 0 aromatic carbocycles. The van der Waals surface area contributed by atoms with Crippen LogP contribution in [-0.4, -0.2) is 11.7 Å². The van der Waals surface area contributed by atoms with Gasteiger partial charge in [-0.05, 0) is 22.6 Å². The van der Waals surface area contributed by atoms with Crippen LogP contribution in [0.3, 0.4) is 0 Å². The number of halogens is 2. The van der Waals surface area contributed by atoms with E-state index in [1.807, 2.05) is 0 Å². The minimum atomic E-state index is -0.242. The van der Waals surface area contributed by atoms with E-state index in [9.17, 15) is 4.79 Å². The van der Waals surface area contributed by atoms with Crippen molar-refractivity contribution in [3.63, 3.8) is 0 Å². The molecule has 0 amide bonds. The van der Waals surface area contributed by atoms with Gasteiger partial charge < -0.3 is 9.30 Å². The predicted molar refractivity (Wildman–Crippen MR) is 56.0 cm³/mol. The molecule has 0 bridgehead atoms. The van der Waals surface area contributed by atoms with Crippen LogP contribution in [0.15, 0.2) is 11.0 Å². The molecular weight excluding hydrogens is 292 g/mol. The molecule has 1 aromatic rings. The van der Waals surface area contributed by atoms with E-state index in [0.29, 0.717) is 5.75 Å². The summed E-state index contributed by atoms with van der Waals surface area (Å²) in [7, 11) is 3.14. The smallest absolute Gasteiger partial charge is 0.272 e. The summed E-state index contributed by atoms with van der Waals surface area (Å²) < 4.78 is 7.20. The van der Waals surface area contributed by atoms with Crippen molar-refractivity contribution in [1.29, 1.82) is 0 Å². The Hall–Kier alpha value is -0.230. The van der Waals surface area contributed by atoms with Crippen molar-refractivity contribution in [3.8, 4) is 5.75 Å². The molecule has 0 aliphatic carbocycles. The number of hydrogen-bond donors (Lipinski definition) is 0. The number of ether oxygens (including phenoxy) is 1. The zero-order valence-corrected chi connectivity index (χ0v) is 9.51. The zero-order valence-electron chi connectivity index (χ0n) is 6.60. The molecule has 0 fully saturated rings. The summed E-state index contributed by atoms with van der Waals surface area (Å²) in [5.74, 6) is 0.445. The lowest BCUT2D eigenvalue weighted by Crippen LogP contribution is -2.17. The highest BCUT2D eigenvalue weighted by Crippen LogP contribution is 2.25. The maximum absolute atomic E-state index is 11.2. The minimum Gasteiger partial charge on any atom is -0.494 e. The zero-order chi connectivity index (χ0) is 9.30. The van der Waals surface area contributed by atoms with Crippen LogP contribution in [0.2, 0.25) is 5.02 Å². The van der Waals surface area contributed by atoms with E-state index in [-0.39, 0.29) is 10.6 Å². The lowest BCUT2D eigenvalue weighted by molar-refractivity contribution is 0.409. The summed E-state index contributed by atoms with van der Waals surface area (Å²) in [4.78, 5) is 11.2. The largest absolute Gasteiger partial charge is 0.494 e. The first-order chi connectivity index (χ1) is 5.57. The SMILES string of the molecule is COc1c(I)cn(C)c(=O)c1Cl. The number of aromatic nitrogens is 1. The Kier molecular flexibility index (Phi) is 3.00. The van der Waals surface area contributed by atoms with Gasteiger partial charge in [-0.2, -0.15) is 0 Å². The molecule has 1 aromatic heterocycles. The summed E-state index contributed by atoms with van der Waals surface area (Å²) in [6.45, 7) is 0. The van der Waals surface area contributed by atoms with Crippen molar-refractivity contribution >= 4 is 34.2 Å². The Labute approximate surface area is 88.4 Å². The van der Waals surface area contributed by atoms with Gasteiger partial charge in [0.15, 0.2) is 5.75 Å². The molecule has 0 N–H and O–H groups in total. The molecule has 0 unspecified atom stereocenters. The van der Waals surface area contributed by atoms with Crippen LogP contribution in [0.1, 0.15) is 0 Å². The fourth-order valence-electron chi connectivity index (χ4n) is 0.831. The summed E-state index contributed by atoms with van der Waals surface area (Å²) >= 11 is 7.80. The van der Waals surface area contributed by atoms with Crippen LogP contribution in [-0.2, 0) is 7.05 Å². The van der Waals surface area contributed by atoms with Gasteiger partial charge in [0, 0.05) is 13.2 Å². The van der Waals surface area contributed by atoms with Crippen molar-refractivity contribution in [1.82, 2.24) is 4.57 Å². The molecule has 0 aliphatic rings. The third kappa shape index (κ3) is 1.59. The fourth-order valence-corrected chi connectivity index (χ4v) is 2.21. The lowest BCUT2D eigenvalue weighted by Gasteiger charge is -2.06. The highest BCUT2D eigenvalue weighted by Gasteiger charge is 2.10. The highest BCUT2D eigenvalue weighted by molar-refractivity contribution is 14.1. The number of pyridine rings is 1. The van der Waals surface area contributed by atoms with Crippen LogP contribution in [0, 0.1) is 3.57 Å². The Bertz CT molecular complexity index is 361. The number of hydrogen-bond acceptors (Lipinski definition) is 2. The van der Waals surface area contributed by atoms with E-state index in [2.05, 4.69) is 22.6 Å². The summed E-state index contributed by atoms with van der Waals surface area (Å²) in [5.41, 5.74) is -0.242. The van der Waals surface area contributed by atoms with E-state index in [1.54, 1.807) is 13.2 Å². The van der Waals surface area contributed by atoms with Crippen molar-refractivity contribution in [3.05, 3.63) is 25.1 Å². The first-order valence-electron chi connectivity index (χ1n) is 3.16. The Morgan fingerprint density at radius 1 is 1.67 bits per heavy atom. The van der Waals surface area contributed by atoms with E-state index >= 15 is 0 Å². The van der Waals surface area contributed by atoms with Crippen LogP contribution in [0.5, 0.6) is 5.75 Å². The predicted octanol–water partition coefficient (Wildman–Crippen LogP) is 1.65. The van der Waals surface area contributed by atoms with Crippen LogP contribution < -0.4 is 10.3 Å². The van der Waals surface area contributed by atoms with E-state index < -0.39 is 0 Å². The van der Waals surface area contributed by atoms with Crippen LogP contribution >= 0.6 is 34.2 Å². The van der Waals surface area contributed by atoms with Gasteiger partial charge in [-0.3, -0.25) is 4.79 Å². The molecule has 0 saturated heterocycles. The van der Waals surface area contributed by atoms with Crippen LogP contribution in [0.4, 0.5) is 0 Å². The summed E-state index contributed by atoms with van der Waals surface area (Å²) in [6, 6.07) is 0. The molecule has 3 nitrogen and oxygen atoms in total. The van der Waals surface area contributed by atoms with E-state index in [1.165, 1.54) is 11.7 Å². The molecule has 0 saturated carbocycles. The normalized spacial score (nSPS) is 10.0. The highest BCUT2D eigenvalue weighted by atomic mass is 127. The first-order valence-corrected chi connectivity index (χ1v) is 4.62. The second-order valence-electron chi connectivity index (χ2n) is 2.24. The van der Waals surface area contributed by atoms with Crippen LogP contribution in [0.25, 0.3) is 0 Å². The van der Waals surface area contributed by atoms with Gasteiger partial charge in [0.1, 0.15) is 5.02 Å². The number of aryl methyl sites for hydroxylation is 1. The van der Waals surface area contributed by atoms with Gasteiger partial charge >= 0.3 is 0 Å². The van der Waals surface area contributed by atoms with E-state index in [4.69, 9.17) is 16.3 Å². The lowest BCUT2D eigenvalue weighted by atomic mass is 10.4. The number of rotatable bonds is 1. The molecule has 0 spiro atoms. The quantitative estimate of drug-likeness (QED) is 0.739. The van der Waals surface area contributed by atoms with Gasteiger partial charge in [0.2, 0.25) is 0 Å². The van der Waals surface area contributed by atoms with Crippen molar-refractivity contribution in [2.45, 2.75) is 0 Å². The van der Waals surface area contributed by atoms with Crippen molar-refractivity contribution in [2.24, 2.45) is 7.05 Å². The average Bonchev–Trinajstić information content (AvgIpc) is 2.01. The fraction of sp³-hybridized carbons (Fsp3) is 0.286. The topological polar surface area (TPSA) is 31.2 Å². The second kappa shape index (κ2) is 3.66. The van der Waals surface area contributed by atoms with Crippen molar-refractivity contribution < 1.29 is 4.74 Å². The standard InChI is InChI=1S/C7H7ClINO2/c1-10-3-4(9)6(12-2)5(8)7(10)11/h3H,1-2H3. The number of methoxy groups -OCH3 is 1. The minimum absolute atomic E-state index is 0.131. The molecule has 5 heteroatoms. The molecule has 12 heavy (non-hydrogen) atoms. The van der Waals surface area contributed by atoms with Crippen molar-refractivity contribution in [2.75, 3.05) is 7.11 Å². The van der Waals surface area contributed by atoms with Gasteiger partial charge in [-0.1, -0.05) is 11.6 Å². The number of nitrogens with zero attached hydrogens (tertiary/aromatic N) is 1. The summed E-state index contributed by atoms with van der Waals surface area (Å²) in [5, 5.41) is 0.131. The van der Waals surface area contributed by atoms with Gasteiger partial charge in [-0.25, -0.2) is 0 Å². The maximum Gasteiger partial charge on any atom is 0.272 e. The molecular formula is C7H7ClINO2. The first kappa shape index (κ1) is 9.85. The average molecular weight is 299 g/mol. The molecule has 0 atom stereocenters. The third-order valence-corrected chi connectivity index (χ3v) is 2.54. The van der Waals surface area contributed by atoms with Gasteiger partial charge in [-0.15, -0.1) is 0 Å². The molecule has 66 valence electrons.